The second kappa shape index (κ2) is 9.35. The number of likely N-dealkylation sites (N-methyl/N-ethyl adjacent to an activating group) is 1. The fraction of sp³-hybridized carbons (Fsp3) is 0.769. The first kappa shape index (κ1) is 17.4. The monoisotopic (exact) mass is 273 g/mol. The van der Waals surface area contributed by atoms with Crippen LogP contribution < -0.4 is 0 Å². The van der Waals surface area contributed by atoms with Crippen LogP contribution in [0, 0.1) is 0 Å². The van der Waals surface area contributed by atoms with Gasteiger partial charge in [-0.2, -0.15) is 0 Å². The first-order chi connectivity index (χ1) is 8.93. The SMILES string of the molecule is CCCCCC(=O)N(CC)[C@@H](CCC(=O)O)C(=O)O. The maximum absolute atomic E-state index is 12.0. The fourth-order valence-electron chi connectivity index (χ4n) is 1.91. The van der Waals surface area contributed by atoms with Crippen LogP contribution in [0.25, 0.3) is 0 Å². The van der Waals surface area contributed by atoms with Crippen LogP contribution in [-0.2, 0) is 14.4 Å². The molecule has 0 heterocycles. The number of hydrogen-bond acceptors (Lipinski definition) is 3. The molecule has 0 aliphatic rings. The Bertz CT molecular complexity index is 316. The molecule has 0 aromatic carbocycles. The third kappa shape index (κ3) is 6.79. The number of carbonyl (C=O) groups is 3. The van der Waals surface area contributed by atoms with Gasteiger partial charge in [0.05, 0.1) is 0 Å². The molecule has 6 nitrogen and oxygen atoms in total. The van der Waals surface area contributed by atoms with Gasteiger partial charge >= 0.3 is 11.9 Å². The largest absolute Gasteiger partial charge is 0.481 e. The molecular weight excluding hydrogens is 250 g/mol. The molecule has 0 fully saturated rings. The van der Waals surface area contributed by atoms with Crippen LogP contribution in [0.3, 0.4) is 0 Å². The quantitative estimate of drug-likeness (QED) is 0.591. The van der Waals surface area contributed by atoms with Crippen molar-refractivity contribution in [2.75, 3.05) is 6.54 Å². The normalized spacial score (nSPS) is 11.9. The molecule has 0 rings (SSSR count). The number of rotatable bonds is 10. The Balaban J connectivity index is 4.59. The number of hydrogen-bond donors (Lipinski definition) is 2. The average Bonchev–Trinajstić information content (AvgIpc) is 2.33. The average molecular weight is 273 g/mol. The Hall–Kier alpha value is -1.59. The van der Waals surface area contributed by atoms with E-state index < -0.39 is 18.0 Å². The predicted octanol–water partition coefficient (Wildman–Crippen LogP) is 1.73. The summed E-state index contributed by atoms with van der Waals surface area (Å²) in [5, 5.41) is 17.7. The summed E-state index contributed by atoms with van der Waals surface area (Å²) in [6, 6.07) is -1.05. The molecule has 2 N–H and O–H groups in total. The van der Waals surface area contributed by atoms with E-state index in [4.69, 9.17) is 10.2 Å². The molecule has 0 aromatic heterocycles. The summed E-state index contributed by atoms with van der Waals surface area (Å²) < 4.78 is 0. The molecule has 0 unspecified atom stereocenters. The lowest BCUT2D eigenvalue weighted by Gasteiger charge is -2.27. The molecule has 1 amide bonds. The minimum atomic E-state index is -1.15. The number of carboxylic acid groups (broad SMARTS) is 2. The van der Waals surface area contributed by atoms with Gasteiger partial charge in [0.1, 0.15) is 6.04 Å². The number of nitrogens with zero attached hydrogens (tertiary/aromatic N) is 1. The van der Waals surface area contributed by atoms with Gasteiger partial charge in [-0.3, -0.25) is 9.59 Å². The van der Waals surface area contributed by atoms with Gasteiger partial charge in [-0.15, -0.1) is 0 Å². The molecule has 0 spiro atoms. The first-order valence-electron chi connectivity index (χ1n) is 6.68. The summed E-state index contributed by atoms with van der Waals surface area (Å²) in [5.74, 6) is -2.42. The Labute approximate surface area is 113 Å². The minimum absolute atomic E-state index is 0.0575. The van der Waals surface area contributed by atoms with E-state index in [9.17, 15) is 14.4 Å². The molecule has 0 radical (unpaired) electrons. The van der Waals surface area contributed by atoms with E-state index in [-0.39, 0.29) is 25.3 Å². The highest BCUT2D eigenvalue weighted by Crippen LogP contribution is 2.12. The zero-order valence-electron chi connectivity index (χ0n) is 11.6. The molecule has 0 saturated heterocycles. The van der Waals surface area contributed by atoms with Crippen LogP contribution in [0.4, 0.5) is 0 Å². The number of amides is 1. The van der Waals surface area contributed by atoms with E-state index in [0.717, 1.165) is 19.3 Å². The predicted molar refractivity (Wildman–Crippen MR) is 69.8 cm³/mol. The van der Waals surface area contributed by atoms with Crippen LogP contribution in [0.15, 0.2) is 0 Å². The first-order valence-corrected chi connectivity index (χ1v) is 6.68. The van der Waals surface area contributed by atoms with E-state index in [1.54, 1.807) is 6.92 Å². The lowest BCUT2D eigenvalue weighted by Crippen LogP contribution is -2.45. The number of carbonyl (C=O) groups excluding carboxylic acids is 1. The van der Waals surface area contributed by atoms with E-state index in [2.05, 4.69) is 0 Å². The second-order valence-corrected chi connectivity index (χ2v) is 4.42. The van der Waals surface area contributed by atoms with Crippen molar-refractivity contribution in [1.82, 2.24) is 4.90 Å². The van der Waals surface area contributed by atoms with E-state index in [1.165, 1.54) is 4.90 Å². The molecule has 0 bridgehead atoms. The second-order valence-electron chi connectivity index (χ2n) is 4.42. The van der Waals surface area contributed by atoms with Crippen molar-refractivity contribution < 1.29 is 24.6 Å². The smallest absolute Gasteiger partial charge is 0.326 e. The van der Waals surface area contributed by atoms with Gasteiger partial charge in [-0.1, -0.05) is 19.8 Å². The number of unbranched alkanes of at least 4 members (excludes halogenated alkanes) is 2. The standard InChI is InChI=1S/C13H23NO5/c1-3-5-6-7-11(15)14(4-2)10(13(18)19)8-9-12(16)17/h10H,3-9H2,1-2H3,(H,16,17)(H,18,19)/t10-/m0/s1. The lowest BCUT2D eigenvalue weighted by molar-refractivity contribution is -0.151. The molecule has 0 aliphatic heterocycles. The zero-order chi connectivity index (χ0) is 14.8. The van der Waals surface area contributed by atoms with Crippen molar-refractivity contribution in [3.8, 4) is 0 Å². The van der Waals surface area contributed by atoms with Crippen LogP contribution in [-0.4, -0.2) is 45.5 Å². The van der Waals surface area contributed by atoms with Crippen molar-refractivity contribution in [1.29, 1.82) is 0 Å². The maximum Gasteiger partial charge on any atom is 0.326 e. The highest BCUT2D eigenvalue weighted by atomic mass is 16.4. The molecule has 1 atom stereocenters. The van der Waals surface area contributed by atoms with Crippen molar-refractivity contribution in [2.45, 2.75) is 58.4 Å². The molecule has 0 aliphatic carbocycles. The van der Waals surface area contributed by atoms with Crippen LogP contribution in [0.1, 0.15) is 52.4 Å². The van der Waals surface area contributed by atoms with Gasteiger partial charge < -0.3 is 15.1 Å². The van der Waals surface area contributed by atoms with Gasteiger partial charge in [0, 0.05) is 19.4 Å². The van der Waals surface area contributed by atoms with E-state index in [0.29, 0.717) is 6.42 Å². The fourth-order valence-corrected chi connectivity index (χ4v) is 1.91. The van der Waals surface area contributed by atoms with Crippen molar-refractivity contribution >= 4 is 17.8 Å². The summed E-state index contributed by atoms with van der Waals surface area (Å²) >= 11 is 0. The van der Waals surface area contributed by atoms with Gasteiger partial charge in [0.15, 0.2) is 0 Å². The summed E-state index contributed by atoms with van der Waals surface area (Å²) in [4.78, 5) is 34.9. The molecule has 110 valence electrons. The Kier molecular flexibility index (Phi) is 8.57. The summed E-state index contributed by atoms with van der Waals surface area (Å²) in [6.45, 7) is 4.00. The zero-order valence-corrected chi connectivity index (χ0v) is 11.6. The lowest BCUT2D eigenvalue weighted by atomic mass is 10.1. The number of aliphatic carboxylic acids is 2. The van der Waals surface area contributed by atoms with Gasteiger partial charge in [0.2, 0.25) is 5.91 Å². The molecule has 6 heteroatoms. The maximum atomic E-state index is 12.0. The van der Waals surface area contributed by atoms with Gasteiger partial charge in [-0.05, 0) is 19.8 Å². The van der Waals surface area contributed by atoms with Crippen molar-refractivity contribution in [3.05, 3.63) is 0 Å². The van der Waals surface area contributed by atoms with Crippen molar-refractivity contribution in [3.63, 3.8) is 0 Å². The molecule has 0 aromatic rings. The van der Waals surface area contributed by atoms with E-state index in [1.807, 2.05) is 6.92 Å². The highest BCUT2D eigenvalue weighted by Gasteiger charge is 2.28. The molecule has 0 saturated carbocycles. The van der Waals surface area contributed by atoms with Crippen molar-refractivity contribution in [2.24, 2.45) is 0 Å². The Morgan fingerprint density at radius 2 is 1.68 bits per heavy atom. The topological polar surface area (TPSA) is 94.9 Å². The van der Waals surface area contributed by atoms with Crippen LogP contribution in [0.2, 0.25) is 0 Å². The third-order valence-corrected chi connectivity index (χ3v) is 2.95. The van der Waals surface area contributed by atoms with Crippen LogP contribution >= 0.6 is 0 Å². The van der Waals surface area contributed by atoms with E-state index >= 15 is 0 Å². The summed E-state index contributed by atoms with van der Waals surface area (Å²) in [5.41, 5.74) is 0. The minimum Gasteiger partial charge on any atom is -0.481 e. The van der Waals surface area contributed by atoms with Gasteiger partial charge in [-0.25, -0.2) is 4.79 Å². The molecule has 19 heavy (non-hydrogen) atoms. The Morgan fingerprint density at radius 1 is 1.05 bits per heavy atom. The summed E-state index contributed by atoms with van der Waals surface area (Å²) in [6.07, 6.45) is 2.65. The Morgan fingerprint density at radius 3 is 2.11 bits per heavy atom. The summed E-state index contributed by atoms with van der Waals surface area (Å²) in [7, 11) is 0. The third-order valence-electron chi connectivity index (χ3n) is 2.95. The highest BCUT2D eigenvalue weighted by molar-refractivity contribution is 5.84. The molecular formula is C13H23NO5. The van der Waals surface area contributed by atoms with Gasteiger partial charge in [0.25, 0.3) is 0 Å². The number of carboxylic acids is 2. The van der Waals surface area contributed by atoms with Crippen LogP contribution in [0.5, 0.6) is 0 Å².